The lowest BCUT2D eigenvalue weighted by atomic mass is 9.79. The van der Waals surface area contributed by atoms with Gasteiger partial charge >= 0.3 is 5.97 Å². The molecule has 0 saturated heterocycles. The summed E-state index contributed by atoms with van der Waals surface area (Å²) in [7, 11) is 1.46. The van der Waals surface area contributed by atoms with Crippen LogP contribution in [-0.2, 0) is 19.2 Å². The predicted octanol–water partition coefficient (Wildman–Crippen LogP) is 3.74. The lowest BCUT2D eigenvalue weighted by Crippen LogP contribution is -2.35. The minimum Gasteiger partial charge on any atom is -0.496 e. The van der Waals surface area contributed by atoms with Gasteiger partial charge in [-0.05, 0) is 44.9 Å². The molecule has 1 N–H and O–H groups in total. The quantitative estimate of drug-likeness (QED) is 0.432. The van der Waals surface area contributed by atoms with Crippen LogP contribution in [-0.4, -0.2) is 42.1 Å². The lowest BCUT2D eigenvalue weighted by Gasteiger charge is -2.32. The first-order valence-electron chi connectivity index (χ1n) is 11.5. The van der Waals surface area contributed by atoms with Gasteiger partial charge in [0.25, 0.3) is 12.3 Å². The molecule has 2 amide bonds. The van der Waals surface area contributed by atoms with Crippen LogP contribution in [0.25, 0.3) is 0 Å². The summed E-state index contributed by atoms with van der Waals surface area (Å²) < 4.78 is 11.4. The van der Waals surface area contributed by atoms with E-state index in [2.05, 4.69) is 16.4 Å². The number of aromatic nitrogens is 1. The molecule has 3 rings (SSSR count). The van der Waals surface area contributed by atoms with E-state index in [1.807, 2.05) is 13.8 Å². The molecule has 0 bridgehead atoms. The maximum absolute atomic E-state index is 13.5. The number of nitriles is 1. The Hall–Kier alpha value is -4.39. The molecule has 1 unspecified atom stereocenters. The Bertz CT molecular complexity index is 1260. The zero-order valence-corrected chi connectivity index (χ0v) is 20.9. The molecule has 1 aliphatic rings. The number of pyridine rings is 1. The molecule has 0 spiro atoms. The Morgan fingerprint density at radius 1 is 1.28 bits per heavy atom. The van der Waals surface area contributed by atoms with Crippen LogP contribution in [0.2, 0.25) is 0 Å². The summed E-state index contributed by atoms with van der Waals surface area (Å²) in [6.45, 7) is 7.48. The second-order valence-corrected chi connectivity index (χ2v) is 8.09. The second kappa shape index (κ2) is 11.4. The number of allylic oxidation sites excluding steroid dienone is 1. The summed E-state index contributed by atoms with van der Waals surface area (Å²) in [5.41, 5.74) is 3.59. The number of hydroxylamine groups is 2. The van der Waals surface area contributed by atoms with Crippen molar-refractivity contribution in [1.29, 1.82) is 5.26 Å². The number of imide groups is 1. The van der Waals surface area contributed by atoms with Crippen molar-refractivity contribution in [2.24, 2.45) is 0 Å². The summed E-state index contributed by atoms with van der Waals surface area (Å²) in [6.07, 6.45) is 2.35. The van der Waals surface area contributed by atoms with Crippen LogP contribution in [0.5, 0.6) is 11.6 Å². The number of amides is 2. The van der Waals surface area contributed by atoms with Crippen molar-refractivity contribution in [3.8, 4) is 17.7 Å². The number of carbonyl (C=O) groups is 3. The average Bonchev–Trinajstić information content (AvgIpc) is 2.88. The fourth-order valence-electron chi connectivity index (χ4n) is 4.10. The number of aryl methyl sites for hydroxylation is 1. The monoisotopic (exact) mass is 492 g/mol. The lowest BCUT2D eigenvalue weighted by molar-refractivity contribution is -0.193. The number of carbonyl (C=O) groups excluding carboxylic acids is 3. The Kier molecular flexibility index (Phi) is 8.27. The van der Waals surface area contributed by atoms with Crippen molar-refractivity contribution in [3.63, 3.8) is 0 Å². The number of hydrogen-bond acceptors (Lipinski definition) is 9. The van der Waals surface area contributed by atoms with E-state index < -0.39 is 17.8 Å². The molecule has 10 heteroatoms. The standard InChI is InChI=1S/C26H28N4O6/c1-6-8-20(32)30(14-31)36-26(33)21-16(4)29-24-15(3)13-28-25(35-7-2)23(24)22(21)18-10-9-17(12-27)11-19(18)34-5/h9-11,13-14,22,29H,6-8H2,1-5H3. The summed E-state index contributed by atoms with van der Waals surface area (Å²) >= 11 is 0. The van der Waals surface area contributed by atoms with Gasteiger partial charge in [0.15, 0.2) is 0 Å². The number of fused-ring (bicyclic) bond motifs is 1. The third-order valence-electron chi connectivity index (χ3n) is 5.72. The molecule has 1 atom stereocenters. The number of anilines is 1. The van der Waals surface area contributed by atoms with Gasteiger partial charge in [-0.3, -0.25) is 9.59 Å². The molecular formula is C26H28N4O6. The van der Waals surface area contributed by atoms with E-state index in [0.29, 0.717) is 57.8 Å². The van der Waals surface area contributed by atoms with Gasteiger partial charge in [-0.15, -0.1) is 5.06 Å². The zero-order valence-electron chi connectivity index (χ0n) is 20.9. The number of ether oxygens (including phenoxy) is 2. The van der Waals surface area contributed by atoms with Gasteiger partial charge in [0, 0.05) is 23.9 Å². The highest BCUT2D eigenvalue weighted by Crippen LogP contribution is 2.49. The maximum Gasteiger partial charge on any atom is 0.362 e. The highest BCUT2D eigenvalue weighted by atomic mass is 16.7. The van der Waals surface area contributed by atoms with Gasteiger partial charge in [-0.2, -0.15) is 5.26 Å². The minimum atomic E-state index is -0.900. The third-order valence-corrected chi connectivity index (χ3v) is 5.72. The molecular weight excluding hydrogens is 464 g/mol. The van der Waals surface area contributed by atoms with Crippen LogP contribution >= 0.6 is 0 Å². The fourth-order valence-corrected chi connectivity index (χ4v) is 4.10. The summed E-state index contributed by atoms with van der Waals surface area (Å²) in [5, 5.41) is 13.0. The summed E-state index contributed by atoms with van der Waals surface area (Å²) in [6, 6.07) is 6.95. The van der Waals surface area contributed by atoms with Crippen molar-refractivity contribution < 1.29 is 28.7 Å². The van der Waals surface area contributed by atoms with E-state index in [1.54, 1.807) is 38.2 Å². The minimum absolute atomic E-state index is 0.0373. The van der Waals surface area contributed by atoms with Crippen molar-refractivity contribution in [3.05, 3.63) is 57.9 Å². The van der Waals surface area contributed by atoms with E-state index in [9.17, 15) is 19.6 Å². The van der Waals surface area contributed by atoms with Gasteiger partial charge < -0.3 is 19.6 Å². The summed E-state index contributed by atoms with van der Waals surface area (Å²) in [4.78, 5) is 47.1. The molecule has 2 aromatic rings. The van der Waals surface area contributed by atoms with Gasteiger partial charge in [0.1, 0.15) is 5.75 Å². The Morgan fingerprint density at radius 3 is 2.64 bits per heavy atom. The first-order valence-corrected chi connectivity index (χ1v) is 11.5. The van der Waals surface area contributed by atoms with Gasteiger partial charge in [0.05, 0.1) is 48.1 Å². The largest absolute Gasteiger partial charge is 0.496 e. The van der Waals surface area contributed by atoms with Crippen LogP contribution in [0.4, 0.5) is 5.69 Å². The summed E-state index contributed by atoms with van der Waals surface area (Å²) in [5.74, 6) is -1.68. The maximum atomic E-state index is 13.5. The van der Waals surface area contributed by atoms with E-state index in [-0.39, 0.29) is 18.4 Å². The number of benzene rings is 1. The number of nitrogens with zero attached hydrogens (tertiary/aromatic N) is 3. The number of methoxy groups -OCH3 is 1. The van der Waals surface area contributed by atoms with Crippen LogP contribution in [0.1, 0.15) is 61.8 Å². The predicted molar refractivity (Wildman–Crippen MR) is 130 cm³/mol. The van der Waals surface area contributed by atoms with Crippen LogP contribution in [0, 0.1) is 18.3 Å². The van der Waals surface area contributed by atoms with Crippen molar-refractivity contribution in [2.45, 2.75) is 46.5 Å². The Balaban J connectivity index is 2.25. The number of nitrogens with one attached hydrogen (secondary N) is 1. The van der Waals surface area contributed by atoms with E-state index >= 15 is 0 Å². The van der Waals surface area contributed by atoms with Crippen molar-refractivity contribution >= 4 is 24.0 Å². The average molecular weight is 493 g/mol. The molecule has 1 aromatic heterocycles. The normalized spacial score (nSPS) is 14.2. The molecule has 0 saturated carbocycles. The molecule has 0 radical (unpaired) electrons. The van der Waals surface area contributed by atoms with Gasteiger partial charge in [-0.25, -0.2) is 9.78 Å². The molecule has 10 nitrogen and oxygen atoms in total. The SMILES string of the molecule is CCCC(=O)N(C=O)OC(=O)C1=C(C)Nc2c(C)cnc(OCC)c2C1c1ccc(C#N)cc1OC. The van der Waals surface area contributed by atoms with Crippen LogP contribution < -0.4 is 14.8 Å². The van der Waals surface area contributed by atoms with Crippen LogP contribution in [0.3, 0.4) is 0 Å². The molecule has 1 aliphatic heterocycles. The van der Waals surface area contributed by atoms with Gasteiger partial charge in [0.2, 0.25) is 5.88 Å². The molecule has 0 aliphatic carbocycles. The van der Waals surface area contributed by atoms with E-state index in [0.717, 1.165) is 5.56 Å². The Morgan fingerprint density at radius 2 is 2.03 bits per heavy atom. The second-order valence-electron chi connectivity index (χ2n) is 8.09. The zero-order chi connectivity index (χ0) is 26.4. The van der Waals surface area contributed by atoms with Crippen LogP contribution in [0.15, 0.2) is 35.7 Å². The van der Waals surface area contributed by atoms with Gasteiger partial charge in [-0.1, -0.05) is 13.0 Å². The topological polar surface area (TPSA) is 131 Å². The molecule has 2 heterocycles. The van der Waals surface area contributed by atoms with E-state index in [4.69, 9.17) is 14.3 Å². The molecule has 0 fully saturated rings. The van der Waals surface area contributed by atoms with E-state index in [1.165, 1.54) is 7.11 Å². The molecule has 36 heavy (non-hydrogen) atoms. The first-order chi connectivity index (χ1) is 17.3. The first kappa shape index (κ1) is 26.2. The number of hydrogen-bond donors (Lipinski definition) is 1. The Labute approximate surface area is 209 Å². The highest BCUT2D eigenvalue weighted by Gasteiger charge is 2.39. The molecule has 1 aromatic carbocycles. The third kappa shape index (κ3) is 5.00. The number of rotatable bonds is 8. The highest BCUT2D eigenvalue weighted by molar-refractivity contribution is 5.97. The molecule has 188 valence electrons. The smallest absolute Gasteiger partial charge is 0.362 e. The van der Waals surface area contributed by atoms with Crippen molar-refractivity contribution in [1.82, 2.24) is 10.0 Å². The van der Waals surface area contributed by atoms with Crippen molar-refractivity contribution in [2.75, 3.05) is 19.0 Å². The fraction of sp³-hybridized carbons (Fsp3) is 0.346.